The van der Waals surface area contributed by atoms with Crippen molar-refractivity contribution >= 4 is 21.7 Å². The third-order valence-electron chi connectivity index (χ3n) is 2.88. The van der Waals surface area contributed by atoms with E-state index in [1.54, 1.807) is 24.3 Å². The van der Waals surface area contributed by atoms with Crippen LogP contribution in [0.5, 0.6) is 0 Å². The minimum atomic E-state index is -3.54. The van der Waals surface area contributed by atoms with Crippen LogP contribution in [0.25, 0.3) is 0 Å². The molecular weight excluding hydrogens is 298 g/mol. The molecule has 0 unspecified atom stereocenters. The van der Waals surface area contributed by atoms with Gasteiger partial charge in [-0.15, -0.1) is 0 Å². The number of benzene rings is 1. The highest BCUT2D eigenvalue weighted by Crippen LogP contribution is 2.24. The quantitative estimate of drug-likeness (QED) is 0.787. The molecule has 0 saturated carbocycles. The molecule has 1 fully saturated rings. The molecule has 0 atom stereocenters. The van der Waals surface area contributed by atoms with Gasteiger partial charge in [-0.05, 0) is 18.6 Å². The van der Waals surface area contributed by atoms with Gasteiger partial charge in [0.25, 0.3) is 0 Å². The molecule has 1 aromatic rings. The third kappa shape index (κ3) is 5.00. The lowest BCUT2D eigenvalue weighted by Gasteiger charge is -2.11. The van der Waals surface area contributed by atoms with Crippen LogP contribution in [0.2, 0.25) is 0 Å². The average Bonchev–Trinajstić information content (AvgIpc) is 2.92. The van der Waals surface area contributed by atoms with Gasteiger partial charge in [-0.1, -0.05) is 12.1 Å². The van der Waals surface area contributed by atoms with E-state index in [0.29, 0.717) is 18.9 Å². The van der Waals surface area contributed by atoms with Crippen molar-refractivity contribution in [3.63, 3.8) is 0 Å². The molecule has 0 amide bonds. The molecule has 1 saturated heterocycles. The van der Waals surface area contributed by atoms with E-state index in [2.05, 4.69) is 4.72 Å². The first-order valence-electron chi connectivity index (χ1n) is 6.52. The highest BCUT2D eigenvalue weighted by atomic mass is 32.2. The van der Waals surface area contributed by atoms with Gasteiger partial charge in [0.15, 0.2) is 6.29 Å². The fraction of sp³-hybridized carbons (Fsp3) is 0.462. The summed E-state index contributed by atoms with van der Waals surface area (Å²) in [6.45, 7) is 1.09. The number of nitrogens with one attached hydrogen (secondary N) is 1. The molecular formula is C13H17NO6S. The Morgan fingerprint density at radius 3 is 2.43 bits per heavy atom. The molecule has 21 heavy (non-hydrogen) atoms. The minimum Gasteiger partial charge on any atom is -0.481 e. The molecule has 0 radical (unpaired) electrons. The Morgan fingerprint density at radius 2 is 1.86 bits per heavy atom. The zero-order chi connectivity index (χ0) is 15.3. The van der Waals surface area contributed by atoms with Gasteiger partial charge in [0.1, 0.15) is 0 Å². The molecule has 1 aliphatic heterocycles. The predicted molar refractivity (Wildman–Crippen MR) is 75.4 cm³/mol. The van der Waals surface area contributed by atoms with Crippen LogP contribution < -0.4 is 4.72 Å². The van der Waals surface area contributed by atoms with E-state index in [9.17, 15) is 13.2 Å². The maximum absolute atomic E-state index is 11.8. The topological polar surface area (TPSA) is 102 Å². The summed E-state index contributed by atoms with van der Waals surface area (Å²) in [5.41, 5.74) is 1.24. The number of rotatable bonds is 7. The van der Waals surface area contributed by atoms with E-state index in [0.717, 1.165) is 5.56 Å². The van der Waals surface area contributed by atoms with Gasteiger partial charge in [-0.2, -0.15) is 0 Å². The van der Waals surface area contributed by atoms with Gasteiger partial charge in [-0.25, -0.2) is 8.42 Å². The van der Waals surface area contributed by atoms with Crippen molar-refractivity contribution in [1.29, 1.82) is 0 Å². The van der Waals surface area contributed by atoms with Crippen molar-refractivity contribution < 1.29 is 27.8 Å². The van der Waals surface area contributed by atoms with Crippen molar-refractivity contribution in [2.45, 2.75) is 19.1 Å². The number of ether oxygens (including phenoxy) is 2. The number of carboxylic acids is 1. The Kier molecular flexibility index (Phi) is 5.16. The highest BCUT2D eigenvalue weighted by molar-refractivity contribution is 7.92. The number of anilines is 1. The summed E-state index contributed by atoms with van der Waals surface area (Å²) in [6, 6.07) is 6.69. The van der Waals surface area contributed by atoms with Crippen molar-refractivity contribution in [1.82, 2.24) is 0 Å². The fourth-order valence-electron chi connectivity index (χ4n) is 1.90. The van der Waals surface area contributed by atoms with Crippen LogP contribution in [0.15, 0.2) is 24.3 Å². The molecule has 116 valence electrons. The Hall–Kier alpha value is -1.64. The third-order valence-corrected chi connectivity index (χ3v) is 4.25. The highest BCUT2D eigenvalue weighted by Gasteiger charge is 2.18. The molecule has 1 heterocycles. The summed E-state index contributed by atoms with van der Waals surface area (Å²) in [5, 5.41) is 8.50. The van der Waals surface area contributed by atoms with Gasteiger partial charge < -0.3 is 14.6 Å². The summed E-state index contributed by atoms with van der Waals surface area (Å²) in [4.78, 5) is 10.4. The maximum atomic E-state index is 11.8. The average molecular weight is 315 g/mol. The first-order valence-corrected chi connectivity index (χ1v) is 8.17. The number of carboxylic acid groups (broad SMARTS) is 1. The van der Waals surface area contributed by atoms with Crippen molar-refractivity contribution in [3.05, 3.63) is 29.8 Å². The largest absolute Gasteiger partial charge is 0.481 e. The van der Waals surface area contributed by atoms with Gasteiger partial charge in [0.2, 0.25) is 10.0 Å². The Balaban J connectivity index is 1.91. The van der Waals surface area contributed by atoms with Crippen LogP contribution in [0, 0.1) is 0 Å². The second-order valence-corrected chi connectivity index (χ2v) is 6.46. The second-order valence-electron chi connectivity index (χ2n) is 4.61. The lowest BCUT2D eigenvalue weighted by molar-refractivity contribution is -0.137. The fourth-order valence-corrected chi connectivity index (χ4v) is 3.02. The van der Waals surface area contributed by atoms with Crippen molar-refractivity contribution in [2.24, 2.45) is 0 Å². The van der Waals surface area contributed by atoms with E-state index >= 15 is 0 Å². The van der Waals surface area contributed by atoms with E-state index in [4.69, 9.17) is 14.6 Å². The Bertz CT molecular complexity index is 577. The van der Waals surface area contributed by atoms with E-state index in [1.807, 2.05) is 0 Å². The lowest BCUT2D eigenvalue weighted by Crippen LogP contribution is -2.17. The zero-order valence-electron chi connectivity index (χ0n) is 11.3. The van der Waals surface area contributed by atoms with Gasteiger partial charge in [-0.3, -0.25) is 9.52 Å². The number of hydrogen-bond acceptors (Lipinski definition) is 5. The van der Waals surface area contributed by atoms with Gasteiger partial charge >= 0.3 is 5.97 Å². The molecule has 0 spiro atoms. The van der Waals surface area contributed by atoms with Gasteiger partial charge in [0.05, 0.1) is 19.0 Å². The predicted octanol–water partition coefficient (Wildman–Crippen LogP) is 1.34. The van der Waals surface area contributed by atoms with Crippen molar-refractivity contribution in [3.8, 4) is 0 Å². The van der Waals surface area contributed by atoms with Crippen molar-refractivity contribution in [2.75, 3.05) is 23.7 Å². The van der Waals surface area contributed by atoms with Crippen LogP contribution in [0.4, 0.5) is 5.69 Å². The smallest absolute Gasteiger partial charge is 0.303 e. The molecule has 0 aromatic heterocycles. The standard InChI is InChI=1S/C13H17NO6S/c15-12(16)2-1-9-21(17,18)14-11-5-3-10(4-6-11)13-19-7-8-20-13/h3-6,13-14H,1-2,7-9H2,(H,15,16). The first-order chi connectivity index (χ1) is 9.96. The Morgan fingerprint density at radius 1 is 1.24 bits per heavy atom. The van der Waals surface area contributed by atoms with E-state index < -0.39 is 22.3 Å². The number of hydrogen-bond donors (Lipinski definition) is 2. The van der Waals surface area contributed by atoms with Gasteiger partial charge in [0, 0.05) is 17.7 Å². The minimum absolute atomic E-state index is 0.0759. The second kappa shape index (κ2) is 6.88. The van der Waals surface area contributed by atoms with Crippen LogP contribution in [0.1, 0.15) is 24.7 Å². The molecule has 0 bridgehead atoms. The molecule has 1 aliphatic rings. The summed E-state index contributed by atoms with van der Waals surface area (Å²) in [5.74, 6) is -1.23. The zero-order valence-corrected chi connectivity index (χ0v) is 12.1. The van der Waals surface area contributed by atoms with Crippen LogP contribution in [-0.2, 0) is 24.3 Å². The van der Waals surface area contributed by atoms with Crippen LogP contribution in [-0.4, -0.2) is 38.5 Å². The normalized spacial score (nSPS) is 16.0. The number of carbonyl (C=O) groups is 1. The number of sulfonamides is 1. The van der Waals surface area contributed by atoms with Crippen LogP contribution in [0.3, 0.4) is 0 Å². The van der Waals surface area contributed by atoms with E-state index in [-0.39, 0.29) is 18.6 Å². The first kappa shape index (κ1) is 15.7. The van der Waals surface area contributed by atoms with Crippen LogP contribution >= 0.6 is 0 Å². The molecule has 0 aliphatic carbocycles. The molecule has 2 rings (SSSR count). The summed E-state index contributed by atoms with van der Waals surface area (Å²) in [6.07, 6.45) is -0.492. The summed E-state index contributed by atoms with van der Waals surface area (Å²) >= 11 is 0. The lowest BCUT2D eigenvalue weighted by atomic mass is 10.2. The summed E-state index contributed by atoms with van der Waals surface area (Å²) in [7, 11) is -3.54. The summed E-state index contributed by atoms with van der Waals surface area (Å²) < 4.78 is 36.6. The number of aliphatic carboxylic acids is 1. The Labute approximate surface area is 122 Å². The SMILES string of the molecule is O=C(O)CCCS(=O)(=O)Nc1ccc(C2OCCO2)cc1. The molecule has 7 nitrogen and oxygen atoms in total. The molecule has 8 heteroatoms. The maximum Gasteiger partial charge on any atom is 0.303 e. The molecule has 2 N–H and O–H groups in total. The molecule has 1 aromatic carbocycles. The van der Waals surface area contributed by atoms with E-state index in [1.165, 1.54) is 0 Å². The monoisotopic (exact) mass is 315 g/mol.